The lowest BCUT2D eigenvalue weighted by molar-refractivity contribution is -0.116. The molecule has 0 spiro atoms. The van der Waals surface area contributed by atoms with Crippen molar-refractivity contribution in [3.63, 3.8) is 0 Å². The van der Waals surface area contributed by atoms with Crippen LogP contribution in [0.4, 0.5) is 5.69 Å². The number of carbonyl (C=O) groups excluding carboxylic acids is 1. The molecule has 2 N–H and O–H groups in total. The first kappa shape index (κ1) is 22.5. The van der Waals surface area contributed by atoms with E-state index in [0.29, 0.717) is 18.6 Å². The average molecular weight is 443 g/mol. The van der Waals surface area contributed by atoms with Crippen LogP contribution in [0.15, 0.2) is 71.9 Å². The van der Waals surface area contributed by atoms with Crippen molar-refractivity contribution in [2.75, 3.05) is 18.4 Å². The topological polar surface area (TPSA) is 75.6 Å². The quantitative estimate of drug-likeness (QED) is 0.534. The van der Waals surface area contributed by atoms with Crippen molar-refractivity contribution in [3.05, 3.63) is 83.7 Å². The Bertz CT molecular complexity index is 1130. The number of hydrogen-bond donors (Lipinski definition) is 2. The summed E-state index contributed by atoms with van der Waals surface area (Å²) < 4.78 is 5.97. The second kappa shape index (κ2) is 9.86. The first-order valence-electron chi connectivity index (χ1n) is 11.3. The molecule has 1 aliphatic rings. The highest BCUT2D eigenvalue weighted by Crippen LogP contribution is 2.24. The molecule has 6 heteroatoms. The number of aliphatic imine (C=N–C) groups is 1. The Morgan fingerprint density at radius 2 is 1.79 bits per heavy atom. The van der Waals surface area contributed by atoms with E-state index < -0.39 is 0 Å². The summed E-state index contributed by atoms with van der Waals surface area (Å²) in [6.45, 7) is 8.13. The Morgan fingerprint density at radius 3 is 2.45 bits per heavy atom. The number of nitrogens with one attached hydrogen (secondary N) is 2. The minimum atomic E-state index is 0.00610. The molecule has 33 heavy (non-hydrogen) atoms. The van der Waals surface area contributed by atoms with Gasteiger partial charge in [0.2, 0.25) is 5.91 Å². The third-order valence-electron chi connectivity index (χ3n) is 5.48. The van der Waals surface area contributed by atoms with Crippen molar-refractivity contribution in [1.29, 1.82) is 0 Å². The molecule has 2 heterocycles. The van der Waals surface area contributed by atoms with Gasteiger partial charge in [0.25, 0.3) is 0 Å². The number of aryl methyl sites for hydroxylation is 1. The van der Waals surface area contributed by atoms with Gasteiger partial charge in [-0.1, -0.05) is 45.0 Å². The largest absolute Gasteiger partial charge is 0.457 e. The third kappa shape index (κ3) is 6.19. The van der Waals surface area contributed by atoms with Crippen LogP contribution in [0.1, 0.15) is 44.0 Å². The van der Waals surface area contributed by atoms with Crippen LogP contribution in [0.2, 0.25) is 0 Å². The molecule has 1 amide bonds. The van der Waals surface area contributed by atoms with Crippen LogP contribution < -0.4 is 15.4 Å². The molecule has 0 unspecified atom stereocenters. The van der Waals surface area contributed by atoms with Gasteiger partial charge in [0.15, 0.2) is 0 Å². The number of rotatable bonds is 7. The van der Waals surface area contributed by atoms with Gasteiger partial charge in [0.05, 0.1) is 6.54 Å². The van der Waals surface area contributed by atoms with E-state index in [4.69, 9.17) is 4.74 Å². The van der Waals surface area contributed by atoms with Crippen molar-refractivity contribution in [2.24, 2.45) is 4.99 Å². The van der Waals surface area contributed by atoms with Crippen LogP contribution in [0.25, 0.3) is 0 Å². The molecule has 0 bridgehead atoms. The van der Waals surface area contributed by atoms with E-state index in [1.165, 1.54) is 5.56 Å². The van der Waals surface area contributed by atoms with Gasteiger partial charge in [0.1, 0.15) is 23.0 Å². The number of hydrogen-bond acceptors (Lipinski definition) is 5. The lowest BCUT2D eigenvalue weighted by Gasteiger charge is -2.19. The number of carbonyl (C=O) groups is 1. The number of pyridine rings is 1. The van der Waals surface area contributed by atoms with Crippen LogP contribution in [-0.4, -0.2) is 29.8 Å². The van der Waals surface area contributed by atoms with Crippen molar-refractivity contribution in [1.82, 2.24) is 10.3 Å². The Morgan fingerprint density at radius 1 is 1.03 bits per heavy atom. The monoisotopic (exact) mass is 442 g/mol. The van der Waals surface area contributed by atoms with Crippen molar-refractivity contribution >= 4 is 17.4 Å². The number of amidine groups is 1. The fourth-order valence-corrected chi connectivity index (χ4v) is 3.57. The second-order valence-corrected chi connectivity index (χ2v) is 9.16. The summed E-state index contributed by atoms with van der Waals surface area (Å²) in [5.74, 6) is 2.26. The van der Waals surface area contributed by atoms with Crippen molar-refractivity contribution < 1.29 is 9.53 Å². The maximum atomic E-state index is 12.4. The van der Waals surface area contributed by atoms with E-state index in [9.17, 15) is 4.79 Å². The van der Waals surface area contributed by atoms with Crippen LogP contribution >= 0.6 is 0 Å². The minimum absolute atomic E-state index is 0.00610. The number of anilines is 1. The van der Waals surface area contributed by atoms with Gasteiger partial charge in [-0.15, -0.1) is 0 Å². The van der Waals surface area contributed by atoms with Gasteiger partial charge in [-0.3, -0.25) is 14.8 Å². The molecule has 0 aliphatic carbocycles. The molecular formula is C27H30N4O2. The van der Waals surface area contributed by atoms with E-state index in [1.807, 2.05) is 48.5 Å². The highest BCUT2D eigenvalue weighted by Gasteiger charge is 2.13. The predicted molar refractivity (Wildman–Crippen MR) is 132 cm³/mol. The number of nitrogens with zero attached hydrogens (tertiary/aromatic N) is 2. The molecule has 6 nitrogen and oxygen atoms in total. The van der Waals surface area contributed by atoms with E-state index >= 15 is 0 Å². The fraction of sp³-hybridized carbons (Fsp3) is 0.296. The van der Waals surface area contributed by atoms with Gasteiger partial charge < -0.3 is 15.4 Å². The first-order valence-corrected chi connectivity index (χ1v) is 11.3. The molecule has 2 aromatic carbocycles. The Kier molecular flexibility index (Phi) is 6.73. The molecule has 0 fully saturated rings. The Labute approximate surface area is 195 Å². The smallest absolute Gasteiger partial charge is 0.224 e. The van der Waals surface area contributed by atoms with Crippen LogP contribution in [-0.2, 0) is 16.6 Å². The summed E-state index contributed by atoms with van der Waals surface area (Å²) in [5.41, 5.74) is 4.03. The van der Waals surface area contributed by atoms with Crippen LogP contribution in [0.5, 0.6) is 11.5 Å². The zero-order chi connectivity index (χ0) is 23.3. The highest BCUT2D eigenvalue weighted by atomic mass is 16.5. The fourth-order valence-electron chi connectivity index (χ4n) is 3.57. The average Bonchev–Trinajstić information content (AvgIpc) is 3.34. The van der Waals surface area contributed by atoms with Gasteiger partial charge >= 0.3 is 0 Å². The standard InChI is InChI=1S/C27H30N4O2/c1-27(2,3)20-7-9-21(10-8-20)31-25(32)13-6-19-4-11-22(12-5-19)33-23-14-15-28-24(18-23)26-29-16-17-30-26/h4-5,7-12,14-15,18H,6,13,16-17H2,1-3H3,(H,29,30)(H,31,32). The molecule has 1 aliphatic heterocycles. The molecule has 3 aromatic rings. The Hall–Kier alpha value is -3.67. The molecule has 1 aromatic heterocycles. The van der Waals surface area contributed by atoms with Gasteiger partial charge in [0, 0.05) is 30.9 Å². The van der Waals surface area contributed by atoms with E-state index in [0.717, 1.165) is 41.6 Å². The third-order valence-corrected chi connectivity index (χ3v) is 5.48. The van der Waals surface area contributed by atoms with Crippen LogP contribution in [0.3, 0.4) is 0 Å². The maximum Gasteiger partial charge on any atom is 0.224 e. The van der Waals surface area contributed by atoms with Gasteiger partial charge in [-0.25, -0.2) is 0 Å². The highest BCUT2D eigenvalue weighted by molar-refractivity contribution is 5.98. The number of benzene rings is 2. The second-order valence-electron chi connectivity index (χ2n) is 9.16. The zero-order valence-electron chi connectivity index (χ0n) is 19.4. The summed E-state index contributed by atoms with van der Waals surface area (Å²) in [6.07, 6.45) is 2.80. The summed E-state index contributed by atoms with van der Waals surface area (Å²) in [4.78, 5) is 21.1. The van der Waals surface area contributed by atoms with E-state index in [2.05, 4.69) is 53.5 Å². The van der Waals surface area contributed by atoms with Gasteiger partial charge in [-0.2, -0.15) is 0 Å². The summed E-state index contributed by atoms with van der Waals surface area (Å²) in [6, 6.07) is 19.6. The molecule has 0 saturated carbocycles. The lowest BCUT2D eigenvalue weighted by atomic mass is 9.87. The zero-order valence-corrected chi connectivity index (χ0v) is 19.4. The summed E-state index contributed by atoms with van der Waals surface area (Å²) in [5, 5.41) is 6.20. The van der Waals surface area contributed by atoms with Crippen molar-refractivity contribution in [3.8, 4) is 11.5 Å². The number of ether oxygens (including phenoxy) is 1. The Balaban J connectivity index is 1.28. The number of aromatic nitrogens is 1. The van der Waals surface area contributed by atoms with Crippen LogP contribution in [0, 0.1) is 0 Å². The molecular weight excluding hydrogens is 412 g/mol. The molecule has 0 radical (unpaired) electrons. The minimum Gasteiger partial charge on any atom is -0.457 e. The molecule has 170 valence electrons. The van der Waals surface area contributed by atoms with E-state index in [1.54, 1.807) is 6.20 Å². The molecule has 4 rings (SSSR count). The van der Waals surface area contributed by atoms with Crippen molar-refractivity contribution in [2.45, 2.75) is 39.0 Å². The maximum absolute atomic E-state index is 12.4. The predicted octanol–water partition coefficient (Wildman–Crippen LogP) is 5.09. The van der Waals surface area contributed by atoms with E-state index in [-0.39, 0.29) is 11.3 Å². The molecule has 0 atom stereocenters. The lowest BCUT2D eigenvalue weighted by Crippen LogP contribution is -2.20. The summed E-state index contributed by atoms with van der Waals surface area (Å²) >= 11 is 0. The normalized spacial score (nSPS) is 13.2. The first-order chi connectivity index (χ1) is 15.9. The number of amides is 1. The van der Waals surface area contributed by atoms with Gasteiger partial charge in [-0.05, 0) is 53.3 Å². The SMILES string of the molecule is CC(C)(C)c1ccc(NC(=O)CCc2ccc(Oc3ccnc(C4=NCCN4)c3)cc2)cc1. The molecule has 0 saturated heterocycles. The summed E-state index contributed by atoms with van der Waals surface area (Å²) in [7, 11) is 0.